The first-order valence-electron chi connectivity index (χ1n) is 7.44. The molecule has 1 aliphatic rings. The first kappa shape index (κ1) is 16.3. The first-order chi connectivity index (χ1) is 11.6. The van der Waals surface area contributed by atoms with E-state index < -0.39 is 0 Å². The zero-order valence-corrected chi connectivity index (χ0v) is 14.6. The molecule has 0 atom stereocenters. The number of fused-ring (bicyclic) bond motifs is 1. The van der Waals surface area contributed by atoms with Crippen molar-refractivity contribution in [2.45, 2.75) is 6.92 Å². The molecule has 2 aromatic rings. The van der Waals surface area contributed by atoms with Gasteiger partial charge in [-0.25, -0.2) is 4.98 Å². The Morgan fingerprint density at radius 2 is 2.17 bits per heavy atom. The first-order valence-corrected chi connectivity index (χ1v) is 8.32. The summed E-state index contributed by atoms with van der Waals surface area (Å²) < 4.78 is 16.5. The second kappa shape index (κ2) is 6.92. The molecule has 1 aromatic carbocycles. The van der Waals surface area contributed by atoms with Crippen molar-refractivity contribution < 1.29 is 19.0 Å². The molecule has 0 fully saturated rings. The molecule has 7 heteroatoms. The third-order valence-corrected chi connectivity index (χ3v) is 4.53. The van der Waals surface area contributed by atoms with E-state index in [2.05, 4.69) is 4.98 Å². The number of methoxy groups -OCH3 is 1. The summed E-state index contributed by atoms with van der Waals surface area (Å²) >= 11 is 1.44. The molecular formula is C17H18N2O4S. The van der Waals surface area contributed by atoms with Gasteiger partial charge in [-0.15, -0.1) is 11.3 Å². The van der Waals surface area contributed by atoms with Crippen LogP contribution in [0.2, 0.25) is 0 Å². The molecule has 3 rings (SSSR count). The van der Waals surface area contributed by atoms with Gasteiger partial charge in [0.25, 0.3) is 5.91 Å². The van der Waals surface area contributed by atoms with Gasteiger partial charge in [0.15, 0.2) is 16.6 Å². The molecule has 1 aliphatic heterocycles. The van der Waals surface area contributed by atoms with Crippen LogP contribution in [-0.4, -0.2) is 38.3 Å². The fourth-order valence-corrected chi connectivity index (χ4v) is 3.03. The van der Waals surface area contributed by atoms with Crippen LogP contribution in [0.15, 0.2) is 23.6 Å². The molecule has 6 nitrogen and oxygen atoms in total. The van der Waals surface area contributed by atoms with Gasteiger partial charge < -0.3 is 14.2 Å². The number of benzene rings is 1. The van der Waals surface area contributed by atoms with Gasteiger partial charge in [0, 0.05) is 18.5 Å². The Labute approximate surface area is 144 Å². The molecule has 24 heavy (non-hydrogen) atoms. The van der Waals surface area contributed by atoms with Crippen molar-refractivity contribution in [2.75, 3.05) is 32.3 Å². The highest BCUT2D eigenvalue weighted by Crippen LogP contribution is 2.40. The maximum absolute atomic E-state index is 12.3. The lowest BCUT2D eigenvalue weighted by Gasteiger charge is -2.21. The normalized spacial score (nSPS) is 13.1. The van der Waals surface area contributed by atoms with E-state index in [1.807, 2.05) is 24.4 Å². The number of thiazole rings is 1. The summed E-state index contributed by atoms with van der Waals surface area (Å²) in [4.78, 5) is 18.1. The van der Waals surface area contributed by atoms with Crippen molar-refractivity contribution in [3.8, 4) is 17.2 Å². The van der Waals surface area contributed by atoms with Crippen LogP contribution in [-0.2, 0) is 4.79 Å². The average Bonchev–Trinajstić information content (AvgIpc) is 3.04. The fraction of sp³-hybridized carbons (Fsp3) is 0.294. The SMILES string of the molecule is COc1cc(/C=C/C(=O)N(C)c2nc(C)cs2)cc2c1OCCO2. The van der Waals surface area contributed by atoms with Crippen LogP contribution < -0.4 is 19.1 Å². The standard InChI is InChI=1S/C17H18N2O4S/c1-11-10-24-17(18-11)19(2)15(20)5-4-12-8-13(21-3)16-14(9-12)22-6-7-23-16/h4-5,8-10H,6-7H2,1-3H3/b5-4+. The van der Waals surface area contributed by atoms with Gasteiger partial charge in [0.05, 0.1) is 12.8 Å². The van der Waals surface area contributed by atoms with Crippen LogP contribution in [0, 0.1) is 6.92 Å². The average molecular weight is 346 g/mol. The van der Waals surface area contributed by atoms with Crippen molar-refractivity contribution in [1.29, 1.82) is 0 Å². The van der Waals surface area contributed by atoms with Gasteiger partial charge in [0.1, 0.15) is 13.2 Å². The molecule has 126 valence electrons. The smallest absolute Gasteiger partial charge is 0.252 e. The minimum absolute atomic E-state index is 0.154. The molecule has 0 saturated carbocycles. The highest BCUT2D eigenvalue weighted by atomic mass is 32.1. The highest BCUT2D eigenvalue weighted by molar-refractivity contribution is 7.14. The number of amides is 1. The maximum atomic E-state index is 12.3. The molecule has 0 radical (unpaired) electrons. The van der Waals surface area contributed by atoms with Crippen molar-refractivity contribution in [2.24, 2.45) is 0 Å². The van der Waals surface area contributed by atoms with Crippen molar-refractivity contribution in [1.82, 2.24) is 4.98 Å². The molecule has 1 amide bonds. The third kappa shape index (κ3) is 3.35. The molecule has 2 heterocycles. The van der Waals surface area contributed by atoms with E-state index in [1.54, 1.807) is 20.2 Å². The van der Waals surface area contributed by atoms with Crippen LogP contribution in [0.4, 0.5) is 5.13 Å². The number of anilines is 1. The molecule has 0 spiro atoms. The van der Waals surface area contributed by atoms with Crippen LogP contribution >= 0.6 is 11.3 Å². The van der Waals surface area contributed by atoms with Crippen LogP contribution in [0.25, 0.3) is 6.08 Å². The summed E-state index contributed by atoms with van der Waals surface area (Å²) in [6, 6.07) is 3.64. The lowest BCUT2D eigenvalue weighted by atomic mass is 10.1. The predicted octanol–water partition coefficient (Wildman–Crippen LogP) is 2.91. The highest BCUT2D eigenvalue weighted by Gasteiger charge is 2.18. The van der Waals surface area contributed by atoms with Crippen molar-refractivity contribution in [3.05, 3.63) is 34.8 Å². The number of aromatic nitrogens is 1. The number of nitrogens with zero attached hydrogens (tertiary/aromatic N) is 2. The van der Waals surface area contributed by atoms with E-state index >= 15 is 0 Å². The van der Waals surface area contributed by atoms with Gasteiger partial charge in [-0.3, -0.25) is 9.69 Å². The number of carbonyl (C=O) groups is 1. The molecule has 0 unspecified atom stereocenters. The number of likely N-dealkylation sites (N-methyl/N-ethyl adjacent to an activating group) is 1. The molecule has 0 aliphatic carbocycles. The van der Waals surface area contributed by atoms with E-state index in [9.17, 15) is 4.79 Å². The summed E-state index contributed by atoms with van der Waals surface area (Å²) in [5.41, 5.74) is 1.70. The topological polar surface area (TPSA) is 60.9 Å². The van der Waals surface area contributed by atoms with Gasteiger partial charge in [-0.1, -0.05) is 0 Å². The quantitative estimate of drug-likeness (QED) is 0.797. The van der Waals surface area contributed by atoms with Gasteiger partial charge in [0.2, 0.25) is 5.75 Å². The van der Waals surface area contributed by atoms with Crippen molar-refractivity contribution >= 4 is 28.5 Å². The third-order valence-electron chi connectivity index (χ3n) is 3.49. The number of aryl methyl sites for hydroxylation is 1. The largest absolute Gasteiger partial charge is 0.493 e. The predicted molar refractivity (Wildman–Crippen MR) is 93.3 cm³/mol. The lowest BCUT2D eigenvalue weighted by molar-refractivity contribution is -0.113. The molecule has 0 saturated heterocycles. The number of rotatable bonds is 4. The second-order valence-electron chi connectivity index (χ2n) is 5.25. The summed E-state index contributed by atoms with van der Waals surface area (Å²) in [5, 5.41) is 2.58. The Hall–Kier alpha value is -2.54. The minimum Gasteiger partial charge on any atom is -0.493 e. The zero-order valence-electron chi connectivity index (χ0n) is 13.7. The van der Waals surface area contributed by atoms with Crippen LogP contribution in [0.5, 0.6) is 17.2 Å². The number of hydrogen-bond acceptors (Lipinski definition) is 6. The van der Waals surface area contributed by atoms with E-state index in [0.29, 0.717) is 35.6 Å². The number of hydrogen-bond donors (Lipinski definition) is 0. The van der Waals surface area contributed by atoms with Crippen LogP contribution in [0.1, 0.15) is 11.3 Å². The Morgan fingerprint density at radius 1 is 1.38 bits per heavy atom. The Bertz CT molecular complexity index is 768. The van der Waals surface area contributed by atoms with Gasteiger partial charge in [-0.05, 0) is 30.7 Å². The van der Waals surface area contributed by atoms with E-state index in [0.717, 1.165) is 11.3 Å². The molecule has 0 N–H and O–H groups in total. The summed E-state index contributed by atoms with van der Waals surface area (Å²) in [7, 11) is 3.28. The Balaban J connectivity index is 1.80. The van der Waals surface area contributed by atoms with E-state index in [4.69, 9.17) is 14.2 Å². The molecular weight excluding hydrogens is 328 g/mol. The van der Waals surface area contributed by atoms with E-state index in [-0.39, 0.29) is 5.91 Å². The maximum Gasteiger partial charge on any atom is 0.252 e. The summed E-state index contributed by atoms with van der Waals surface area (Å²) in [6.07, 6.45) is 3.22. The zero-order chi connectivity index (χ0) is 17.1. The van der Waals surface area contributed by atoms with E-state index in [1.165, 1.54) is 22.3 Å². The van der Waals surface area contributed by atoms with Gasteiger partial charge >= 0.3 is 0 Å². The monoisotopic (exact) mass is 346 g/mol. The summed E-state index contributed by atoms with van der Waals surface area (Å²) in [6.45, 7) is 2.89. The minimum atomic E-state index is -0.154. The Morgan fingerprint density at radius 3 is 2.88 bits per heavy atom. The van der Waals surface area contributed by atoms with Crippen molar-refractivity contribution in [3.63, 3.8) is 0 Å². The molecule has 1 aromatic heterocycles. The number of ether oxygens (including phenoxy) is 3. The van der Waals surface area contributed by atoms with Gasteiger partial charge in [-0.2, -0.15) is 0 Å². The lowest BCUT2D eigenvalue weighted by Crippen LogP contribution is -2.23. The Kier molecular flexibility index (Phi) is 4.71. The summed E-state index contributed by atoms with van der Waals surface area (Å²) in [5.74, 6) is 1.65. The molecule has 0 bridgehead atoms. The number of carbonyl (C=O) groups excluding carboxylic acids is 1. The van der Waals surface area contributed by atoms with Crippen LogP contribution in [0.3, 0.4) is 0 Å². The second-order valence-corrected chi connectivity index (χ2v) is 6.09. The fourth-order valence-electron chi connectivity index (χ4n) is 2.26.